The Labute approximate surface area is 635 Å². The fraction of sp³-hybridized carbons (Fsp3) is 0.600. The molecule has 0 amide bonds. The van der Waals surface area contributed by atoms with E-state index < -0.39 is 41.0 Å². The van der Waals surface area contributed by atoms with Crippen molar-refractivity contribution in [3.8, 4) is 23.0 Å². The SMILES string of the molecule is Cc1cc2c([O-])c(c1)CN1CCNCCN(CC1)Cc1cc(C)cc(c1[O-])CN1CCNCCN(CC1)C2.Cc1cc2c([O-])c(c1)CN1CCNCCN(CC1)Cc1cc(C)cc(c1[O-])CN1CCNCCN(CC1)C2.[Cu+2].[Cu+2].[Cu+2].[Cu+2].[O-][Cl+3]([O-])([O-])[O-].[O-][Cl+3]([O-])([O-])[O-].[O-][Cl+3]([O-])([O-])[O-].[O-][Cl+3]([O-])([O-])[O-]. The zero-order valence-electron chi connectivity index (χ0n) is 55.7. The molecule has 16 bridgehead atoms. The second kappa shape index (κ2) is 47.1. The maximum Gasteiger partial charge on any atom is 2.00 e. The summed E-state index contributed by atoms with van der Waals surface area (Å²) in [5.41, 5.74) is 11.9. The largest absolute Gasteiger partial charge is 2.00 e. The second-order valence-corrected chi connectivity index (χ2v) is 27.4. The molecule has 6 aliphatic heterocycles. The zero-order valence-corrected chi connectivity index (χ0v) is 62.5. The molecule has 8 atom stereocenters. The van der Waals surface area contributed by atoms with Crippen molar-refractivity contribution >= 4 is 0 Å². The smallest absolute Gasteiger partial charge is 0.872 e. The molecule has 32 nitrogen and oxygen atoms in total. The molecule has 4 N–H and O–H groups in total. The molecule has 100 heavy (non-hydrogen) atoms. The Morgan fingerprint density at radius 1 is 0.220 bits per heavy atom. The number of hydrogen-bond acceptors (Lipinski definition) is 32. The first-order valence-corrected chi connectivity index (χ1v) is 36.1. The molecule has 6 heterocycles. The van der Waals surface area contributed by atoms with Crippen molar-refractivity contribution in [2.75, 3.05) is 157 Å². The van der Waals surface area contributed by atoms with Crippen LogP contribution in [-0.4, -0.2) is 196 Å². The third-order valence-electron chi connectivity index (χ3n) is 16.5. The third-order valence-corrected chi connectivity index (χ3v) is 16.5. The quantitative estimate of drug-likeness (QED) is 0.119. The average molecular weight is 1690 g/mol. The molecular formula is C60H88Cl4Cu4N12O20. The topological polar surface area (TPSA) is 535 Å². The first kappa shape index (κ1) is 96.2. The molecule has 4 radical (unpaired) electrons. The summed E-state index contributed by atoms with van der Waals surface area (Å²) in [5, 5.41) is 68.8. The van der Waals surface area contributed by atoms with Crippen LogP contribution in [0.4, 0.5) is 0 Å². The van der Waals surface area contributed by atoms with Gasteiger partial charge in [-0.2, -0.15) is 0 Å². The Morgan fingerprint density at radius 2 is 0.320 bits per heavy atom. The summed E-state index contributed by atoms with van der Waals surface area (Å²) >= 11 is 0. The minimum atomic E-state index is -4.94. The normalized spacial score (nSPS) is 23.4. The van der Waals surface area contributed by atoms with Gasteiger partial charge < -0.3 is 41.7 Å². The molecule has 4 fully saturated rings. The van der Waals surface area contributed by atoms with Crippen LogP contribution in [0.3, 0.4) is 0 Å². The molecule has 0 saturated carbocycles. The predicted octanol–water partition coefficient (Wildman–Crippen LogP) is -17.9. The van der Waals surface area contributed by atoms with E-state index in [1.807, 2.05) is 0 Å². The van der Waals surface area contributed by atoms with Gasteiger partial charge in [0.1, 0.15) is 0 Å². The molecule has 0 spiro atoms. The maximum atomic E-state index is 13.6. The Morgan fingerprint density at radius 3 is 0.420 bits per heavy atom. The van der Waals surface area contributed by atoms with Crippen LogP contribution in [0.1, 0.15) is 66.8 Å². The molecule has 8 unspecified atom stereocenters. The van der Waals surface area contributed by atoms with Gasteiger partial charge in [0.2, 0.25) is 0 Å². The molecule has 4 aromatic carbocycles. The van der Waals surface area contributed by atoms with E-state index in [0.29, 0.717) is 52.4 Å². The summed E-state index contributed by atoms with van der Waals surface area (Å²) in [6, 6.07) is 16.7. The van der Waals surface area contributed by atoms with Gasteiger partial charge in [0.25, 0.3) is 0 Å². The monoisotopic (exact) mass is 1690 g/mol. The van der Waals surface area contributed by atoms with Crippen molar-refractivity contribution in [2.45, 2.75) is 80.1 Å². The van der Waals surface area contributed by atoms with Crippen LogP contribution in [-0.2, 0) is 121 Å². The van der Waals surface area contributed by atoms with Crippen LogP contribution < -0.4 is 116 Å². The minimum Gasteiger partial charge on any atom is -0.872 e. The molecule has 580 valence electrons. The standard InChI is InChI=1S/2C30H46N6O2.4ClHO4.4Cu/c2*1-23-15-25-19-33-7-3-31-5-9-35(13-11-33)21-27-17-24(2)18-28(30(27)38)22-36-10-6-32-4-8-34(12-14-36)20-26(16-23)29(25)37;4*2-1(3,4)5;;;;/h2*15-18,31-32,37-38H,3-14,19-22H2,1-2H3;4*(H,2,3,4,5);;;;/q;;;;;;4*+2/p-8. The number of halogens is 4. The fourth-order valence-corrected chi connectivity index (χ4v) is 12.3. The van der Waals surface area contributed by atoms with Gasteiger partial charge in [-0.3, -0.25) is 39.2 Å². The summed E-state index contributed by atoms with van der Waals surface area (Å²) in [4.78, 5) is 19.2. The van der Waals surface area contributed by atoms with Gasteiger partial charge in [-0.1, -0.05) is 93.8 Å². The molecular weight excluding hydrogens is 1600 g/mol. The van der Waals surface area contributed by atoms with Crippen molar-refractivity contribution in [1.29, 1.82) is 0 Å². The second-order valence-electron chi connectivity index (χ2n) is 24.4. The summed E-state index contributed by atoms with van der Waals surface area (Å²) in [7, 11) is -19.8. The molecule has 10 rings (SSSR count). The van der Waals surface area contributed by atoms with E-state index in [2.05, 4.69) is 137 Å². The third kappa shape index (κ3) is 40.8. The van der Waals surface area contributed by atoms with Crippen molar-refractivity contribution in [3.63, 3.8) is 0 Å². The number of hydrogen-bond donors (Lipinski definition) is 4. The van der Waals surface area contributed by atoms with E-state index in [9.17, 15) is 20.4 Å². The van der Waals surface area contributed by atoms with Crippen LogP contribution in [0.5, 0.6) is 23.0 Å². The number of rotatable bonds is 0. The van der Waals surface area contributed by atoms with Crippen LogP contribution >= 0.6 is 0 Å². The van der Waals surface area contributed by atoms with Crippen molar-refractivity contribution in [1.82, 2.24) is 60.5 Å². The van der Waals surface area contributed by atoms with Gasteiger partial charge in [0.05, 0.1) is 0 Å². The number of nitrogens with one attached hydrogen (secondary N) is 4. The van der Waals surface area contributed by atoms with E-state index in [-0.39, 0.29) is 91.3 Å². The molecule has 4 saturated heterocycles. The van der Waals surface area contributed by atoms with Gasteiger partial charge in [0, 0.05) is 209 Å². The summed E-state index contributed by atoms with van der Waals surface area (Å²) in [6.45, 7) is 35.3. The fourth-order valence-electron chi connectivity index (χ4n) is 12.3. The first-order chi connectivity index (χ1) is 44.9. The van der Waals surface area contributed by atoms with Crippen LogP contribution in [0.25, 0.3) is 0 Å². The number of benzene rings is 4. The first-order valence-electron chi connectivity index (χ1n) is 31.2. The molecule has 0 aliphatic carbocycles. The Balaban J connectivity index is 0.000000762. The van der Waals surface area contributed by atoms with Crippen LogP contribution in [0, 0.1) is 68.7 Å². The van der Waals surface area contributed by atoms with Crippen molar-refractivity contribution < 1.29 is 204 Å². The van der Waals surface area contributed by atoms with Crippen molar-refractivity contribution in [3.05, 3.63) is 115 Å². The Bertz CT molecular complexity index is 2450. The number of aryl methyl sites for hydroxylation is 4. The average Bonchev–Trinajstić information content (AvgIpc) is 1.04. The van der Waals surface area contributed by atoms with Crippen LogP contribution in [0.2, 0.25) is 0 Å². The molecule has 40 heteroatoms. The van der Waals surface area contributed by atoms with Gasteiger partial charge in [-0.15, -0.1) is 41.0 Å². The van der Waals surface area contributed by atoms with Gasteiger partial charge in [-0.05, 0) is 72.2 Å². The molecule has 6 aliphatic rings. The minimum absolute atomic E-state index is 0. The van der Waals surface area contributed by atoms with Gasteiger partial charge >= 0.3 is 68.3 Å². The predicted molar refractivity (Wildman–Crippen MR) is 296 cm³/mol. The van der Waals surface area contributed by atoms with Gasteiger partial charge in [0.15, 0.2) is 0 Å². The molecule has 4 aromatic rings. The van der Waals surface area contributed by atoms with Crippen molar-refractivity contribution in [2.24, 2.45) is 0 Å². The number of fused-ring (bicyclic) bond motifs is 20. The van der Waals surface area contributed by atoms with E-state index in [1.54, 1.807) is 0 Å². The van der Waals surface area contributed by atoms with E-state index >= 15 is 0 Å². The van der Waals surface area contributed by atoms with Crippen LogP contribution in [0.15, 0.2) is 48.5 Å². The van der Waals surface area contributed by atoms with E-state index in [0.717, 1.165) is 224 Å². The van der Waals surface area contributed by atoms with E-state index in [1.165, 1.54) is 0 Å². The summed E-state index contributed by atoms with van der Waals surface area (Å²) in [6.07, 6.45) is 0. The summed E-state index contributed by atoms with van der Waals surface area (Å²) in [5.74, 6) is 0.806. The van der Waals surface area contributed by atoms with Gasteiger partial charge in [-0.25, -0.2) is 74.5 Å². The number of nitrogens with zero attached hydrogens (tertiary/aromatic N) is 8. The summed E-state index contributed by atoms with van der Waals surface area (Å²) < 4.78 is 136. The molecule has 0 aromatic heterocycles. The zero-order chi connectivity index (χ0) is 71.0. The maximum absolute atomic E-state index is 13.6. The van der Waals surface area contributed by atoms with E-state index in [4.69, 9.17) is 74.5 Å². The Hall–Kier alpha value is -1.80. The Kier molecular flexibility index (Phi) is 45.3.